The van der Waals surface area contributed by atoms with Crippen LogP contribution in [0.3, 0.4) is 0 Å². The zero-order chi connectivity index (χ0) is 55.3. The summed E-state index contributed by atoms with van der Waals surface area (Å²) in [7, 11) is 2.05. The molecule has 0 atom stereocenters. The summed E-state index contributed by atoms with van der Waals surface area (Å²) in [5.74, 6) is 2.56. The van der Waals surface area contributed by atoms with Gasteiger partial charge in [0.25, 0.3) is 0 Å². The molecule has 0 fully saturated rings. The maximum atomic E-state index is 14.7. The van der Waals surface area contributed by atoms with E-state index < -0.39 is 41.2 Å². The van der Waals surface area contributed by atoms with Crippen LogP contribution < -0.4 is 36.2 Å². The van der Waals surface area contributed by atoms with Crippen LogP contribution in [0, 0.1) is 0 Å². The molecule has 414 valence electrons. The Labute approximate surface area is 479 Å². The Kier molecular flexibility index (Phi) is 27.5. The van der Waals surface area contributed by atoms with E-state index in [9.17, 15) is 18.3 Å². The summed E-state index contributed by atoms with van der Waals surface area (Å²) in [6, 6.07) is 69.3. The van der Waals surface area contributed by atoms with Gasteiger partial charge >= 0.3 is 96.5 Å². The normalized spacial score (nSPS) is 11.3. The van der Waals surface area contributed by atoms with Crippen molar-refractivity contribution in [1.29, 1.82) is 0 Å². The summed E-state index contributed by atoms with van der Waals surface area (Å²) >= 11 is 1.14. The van der Waals surface area contributed by atoms with Crippen molar-refractivity contribution in [3.8, 4) is 46.0 Å². The predicted molar refractivity (Wildman–Crippen MR) is 303 cm³/mol. The first-order valence-corrected chi connectivity index (χ1v) is 35.2. The molecule has 0 unspecified atom stereocenters. The van der Waals surface area contributed by atoms with Gasteiger partial charge in [0, 0.05) is 0 Å². The van der Waals surface area contributed by atoms with Crippen LogP contribution in [0.2, 0.25) is 0 Å². The van der Waals surface area contributed by atoms with Crippen molar-refractivity contribution >= 4 is 71.2 Å². The quantitative estimate of drug-likeness (QED) is 0.0444. The van der Waals surface area contributed by atoms with Gasteiger partial charge < -0.3 is 36.2 Å². The average Bonchev–Trinajstić information content (AvgIpc) is 3.45. The summed E-state index contributed by atoms with van der Waals surface area (Å²) in [5, 5.41) is -2.47. The maximum absolute atomic E-state index is 14.7. The van der Waals surface area contributed by atoms with Crippen LogP contribution in [0.5, 0.6) is 46.0 Å². The second kappa shape index (κ2) is 33.6. The molecule has 0 aliphatic rings. The Bertz CT molecular complexity index is 2690. The molecule has 0 saturated heterocycles. The van der Waals surface area contributed by atoms with Crippen LogP contribution in [0.1, 0.15) is 33.1 Å². The van der Waals surface area contributed by atoms with Gasteiger partial charge in [-0.05, 0) is 110 Å². The molecule has 12 nitrogen and oxygen atoms in total. The number of halogens is 4. The van der Waals surface area contributed by atoms with E-state index in [4.69, 9.17) is 77.0 Å². The molecular formula is C55H54Cl4Ni2O12P4. The van der Waals surface area contributed by atoms with E-state index >= 15 is 0 Å². The minimum atomic E-state index is -4.20. The fourth-order valence-corrected chi connectivity index (χ4v) is 17.3. The Morgan fingerprint density at radius 3 is 0.571 bits per heavy atom. The zero-order valence-corrected chi connectivity index (χ0v) is 49.8. The van der Waals surface area contributed by atoms with E-state index in [2.05, 4.69) is 0 Å². The third-order valence-electron chi connectivity index (χ3n) is 10.2. The number of hydrogen-bond acceptors (Lipinski definition) is 12. The van der Waals surface area contributed by atoms with Crippen LogP contribution in [-0.2, 0) is 43.6 Å². The predicted octanol–water partition coefficient (Wildman–Crippen LogP) is 20.0. The topological polar surface area (TPSA) is 142 Å². The Morgan fingerprint density at radius 1 is 0.299 bits per heavy atom. The van der Waals surface area contributed by atoms with E-state index in [1.54, 1.807) is 201 Å². The summed E-state index contributed by atoms with van der Waals surface area (Å²) < 4.78 is 107. The van der Waals surface area contributed by atoms with Crippen molar-refractivity contribution in [2.45, 2.75) is 43.9 Å². The summed E-state index contributed by atoms with van der Waals surface area (Å²) in [6.07, 6.45) is 0.868. The Hall–Kier alpha value is -4.77. The van der Waals surface area contributed by atoms with Gasteiger partial charge in [0.2, 0.25) is 10.8 Å². The average molecular weight is 1290 g/mol. The van der Waals surface area contributed by atoms with E-state index in [0.29, 0.717) is 77.7 Å². The van der Waals surface area contributed by atoms with Gasteiger partial charge in [-0.3, -0.25) is 0 Å². The van der Waals surface area contributed by atoms with Crippen molar-refractivity contribution in [2.24, 2.45) is 0 Å². The van der Waals surface area contributed by atoms with Crippen LogP contribution in [0.4, 0.5) is 0 Å². The molecule has 0 N–H and O–H groups in total. The van der Waals surface area contributed by atoms with E-state index in [0.717, 1.165) is 0 Å². The SMILES string of the molecule is CCC(P(=O)(Oc1ccccc1)Oc1ccccc1)P(=O)(Oc1ccccc1)Oc1ccccc1.CCCC(P(=O)(Oc1ccccc1)Oc1ccccc1)P(=O)(Oc1ccccc1)Oc1ccccc1.[Cl][Ni][Cl].[Cl][Ni][Cl]. The van der Waals surface area contributed by atoms with Gasteiger partial charge in [0.05, 0.1) is 0 Å². The summed E-state index contributed by atoms with van der Waals surface area (Å²) in [5.41, 5.74) is 0. The van der Waals surface area contributed by atoms with Gasteiger partial charge in [-0.15, -0.1) is 0 Å². The molecular weight excluding hydrogens is 1240 g/mol. The molecule has 8 rings (SSSR count). The Balaban J connectivity index is 0.000000258. The van der Waals surface area contributed by atoms with Crippen LogP contribution in [-0.4, -0.2) is 10.8 Å². The van der Waals surface area contributed by atoms with Crippen molar-refractivity contribution < 1.29 is 79.8 Å². The van der Waals surface area contributed by atoms with E-state index in [1.807, 2.05) is 55.5 Å². The first-order valence-electron chi connectivity index (χ1n) is 23.4. The third-order valence-corrected chi connectivity index (χ3v) is 21.5. The van der Waals surface area contributed by atoms with Gasteiger partial charge in [0.1, 0.15) is 46.0 Å². The molecule has 0 bridgehead atoms. The molecule has 8 aromatic carbocycles. The van der Waals surface area contributed by atoms with Crippen LogP contribution >= 0.6 is 71.2 Å². The number of benzene rings is 8. The standard InChI is InChI=1S/C28H28O6P2.C27H26O6P2.4ClH.2Ni/c1-2-15-28(35(29,31-24-16-7-3-8-17-24)32-25-18-9-4-10-19-25)36(30,33-26-20-11-5-12-21-26)34-27-22-13-6-14-23-27;1-2-27(34(28,30-23-15-7-3-8-16-23)31-24-17-9-4-10-18-24)35(29,32-25-19-11-5-12-20-25)33-26-21-13-6-14-22-26;;;;;;/h3-14,16-23,28H,2,15H2,1H3;3-22,27H,2H2,1H3;4*1H;;/q;;;;;;2*+2/p-4. The number of para-hydroxylation sites is 8. The second-order valence-corrected chi connectivity index (χ2v) is 28.0. The zero-order valence-electron chi connectivity index (χ0n) is 41.2. The molecule has 0 spiro atoms. The van der Waals surface area contributed by atoms with Gasteiger partial charge in [-0.25, -0.2) is 18.3 Å². The van der Waals surface area contributed by atoms with E-state index in [1.165, 1.54) is 0 Å². The molecule has 22 heteroatoms. The van der Waals surface area contributed by atoms with Gasteiger partial charge in [-0.1, -0.05) is 166 Å². The van der Waals surface area contributed by atoms with Gasteiger partial charge in [0.15, 0.2) is 0 Å². The fraction of sp³-hybridized carbons (Fsp3) is 0.127. The molecule has 0 radical (unpaired) electrons. The number of rotatable bonds is 23. The monoisotopic (exact) mass is 1290 g/mol. The van der Waals surface area contributed by atoms with Gasteiger partial charge in [-0.2, -0.15) is 0 Å². The minimum absolute atomic E-state index is 0.133. The van der Waals surface area contributed by atoms with Crippen LogP contribution in [0.15, 0.2) is 243 Å². The first kappa shape index (κ1) is 63.1. The molecule has 77 heavy (non-hydrogen) atoms. The van der Waals surface area contributed by atoms with Crippen LogP contribution in [0.25, 0.3) is 0 Å². The molecule has 0 saturated carbocycles. The molecule has 0 aliphatic carbocycles. The molecule has 0 amide bonds. The molecule has 8 aromatic rings. The summed E-state index contributed by atoms with van der Waals surface area (Å²) in [6.45, 7) is 3.65. The molecule has 0 aromatic heterocycles. The van der Waals surface area contributed by atoms with Crippen molar-refractivity contribution in [3.63, 3.8) is 0 Å². The van der Waals surface area contributed by atoms with Crippen molar-refractivity contribution in [1.82, 2.24) is 0 Å². The second-order valence-electron chi connectivity index (χ2n) is 15.6. The number of hydrogen-bond donors (Lipinski definition) is 0. The Morgan fingerprint density at radius 2 is 0.442 bits per heavy atom. The fourth-order valence-electron chi connectivity index (χ4n) is 6.96. The van der Waals surface area contributed by atoms with Crippen molar-refractivity contribution in [2.75, 3.05) is 0 Å². The van der Waals surface area contributed by atoms with E-state index in [-0.39, 0.29) is 12.8 Å². The van der Waals surface area contributed by atoms with Crippen molar-refractivity contribution in [3.05, 3.63) is 243 Å². The first-order chi connectivity index (χ1) is 37.3. The summed E-state index contributed by atoms with van der Waals surface area (Å²) in [4.78, 5) is 0. The third kappa shape index (κ3) is 20.8. The molecule has 0 heterocycles. The molecule has 0 aliphatic heterocycles.